The predicted molar refractivity (Wildman–Crippen MR) is 111 cm³/mol. The molecular formula is C21H32ClN3O2. The highest BCUT2D eigenvalue weighted by Crippen LogP contribution is 2.38. The quantitative estimate of drug-likeness (QED) is 0.614. The lowest BCUT2D eigenvalue weighted by atomic mass is 9.74. The molecule has 0 atom stereocenters. The highest BCUT2D eigenvalue weighted by molar-refractivity contribution is 6.31. The Morgan fingerprint density at radius 2 is 2.00 bits per heavy atom. The lowest BCUT2D eigenvalue weighted by Crippen LogP contribution is -2.51. The largest absolute Gasteiger partial charge is 0.381 e. The molecule has 0 aromatic heterocycles. The zero-order valence-corrected chi connectivity index (χ0v) is 17.3. The minimum Gasteiger partial charge on any atom is -0.381 e. The van der Waals surface area contributed by atoms with Gasteiger partial charge in [-0.1, -0.05) is 29.8 Å². The van der Waals surface area contributed by atoms with Crippen molar-refractivity contribution in [3.05, 3.63) is 34.9 Å². The molecule has 0 bridgehead atoms. The van der Waals surface area contributed by atoms with Gasteiger partial charge >= 0.3 is 0 Å². The fourth-order valence-corrected chi connectivity index (χ4v) is 4.58. The van der Waals surface area contributed by atoms with Crippen LogP contribution in [0.3, 0.4) is 0 Å². The number of hydrogen-bond donors (Lipinski definition) is 1. The minimum absolute atomic E-state index is 0.0177. The van der Waals surface area contributed by atoms with Crippen molar-refractivity contribution in [2.45, 2.75) is 44.1 Å². The summed E-state index contributed by atoms with van der Waals surface area (Å²) in [6.45, 7) is 7.17. The maximum Gasteiger partial charge on any atom is 0.193 e. The van der Waals surface area contributed by atoms with Crippen molar-refractivity contribution in [1.29, 1.82) is 0 Å². The Morgan fingerprint density at radius 1 is 1.30 bits per heavy atom. The Bertz CT molecular complexity index is 624. The van der Waals surface area contributed by atoms with Gasteiger partial charge in [0.1, 0.15) is 0 Å². The maximum absolute atomic E-state index is 6.57. The first kappa shape index (κ1) is 20.4. The molecule has 5 nitrogen and oxygen atoms in total. The number of guanidine groups is 1. The van der Waals surface area contributed by atoms with Crippen LogP contribution in [0.15, 0.2) is 29.3 Å². The number of piperidine rings is 1. The van der Waals surface area contributed by atoms with Crippen molar-refractivity contribution in [3.63, 3.8) is 0 Å². The van der Waals surface area contributed by atoms with E-state index in [-0.39, 0.29) is 5.41 Å². The topological polar surface area (TPSA) is 46.1 Å². The Morgan fingerprint density at radius 3 is 2.63 bits per heavy atom. The Hall–Kier alpha value is -1.30. The van der Waals surface area contributed by atoms with Gasteiger partial charge in [0.25, 0.3) is 0 Å². The number of nitrogens with zero attached hydrogens (tertiary/aromatic N) is 2. The average Bonchev–Trinajstić information content (AvgIpc) is 2.71. The summed E-state index contributed by atoms with van der Waals surface area (Å²) >= 11 is 6.57. The number of aliphatic imine (C=N–C) groups is 1. The van der Waals surface area contributed by atoms with Crippen molar-refractivity contribution in [3.8, 4) is 0 Å². The van der Waals surface area contributed by atoms with Crippen molar-refractivity contribution in [2.75, 3.05) is 46.5 Å². The zero-order valence-electron chi connectivity index (χ0n) is 16.5. The van der Waals surface area contributed by atoms with Crippen molar-refractivity contribution in [1.82, 2.24) is 10.2 Å². The van der Waals surface area contributed by atoms with Gasteiger partial charge in [-0.2, -0.15) is 0 Å². The lowest BCUT2D eigenvalue weighted by molar-refractivity contribution is 0.0259. The fourth-order valence-electron chi connectivity index (χ4n) is 4.25. The predicted octanol–water partition coefficient (Wildman–Crippen LogP) is 3.46. The molecule has 2 saturated heterocycles. The van der Waals surface area contributed by atoms with Crippen LogP contribution in [0.25, 0.3) is 0 Å². The number of nitrogens with one attached hydrogen (secondary N) is 1. The summed E-state index contributed by atoms with van der Waals surface area (Å²) in [5.41, 5.74) is 1.20. The van der Waals surface area contributed by atoms with Gasteiger partial charge < -0.3 is 19.7 Å². The second-order valence-electron chi connectivity index (χ2n) is 7.42. The third-order valence-electron chi connectivity index (χ3n) is 5.84. The average molecular weight is 394 g/mol. The summed E-state index contributed by atoms with van der Waals surface area (Å²) in [6, 6.07) is 8.21. The van der Waals surface area contributed by atoms with E-state index in [1.165, 1.54) is 5.56 Å². The van der Waals surface area contributed by atoms with Crippen LogP contribution in [0, 0.1) is 0 Å². The molecule has 1 aromatic rings. The van der Waals surface area contributed by atoms with Crippen molar-refractivity contribution >= 4 is 17.6 Å². The summed E-state index contributed by atoms with van der Waals surface area (Å²) < 4.78 is 11.4. The molecule has 1 aromatic carbocycles. The summed E-state index contributed by atoms with van der Waals surface area (Å²) in [7, 11) is 1.86. The smallest absolute Gasteiger partial charge is 0.193 e. The molecule has 2 aliphatic rings. The van der Waals surface area contributed by atoms with Crippen molar-refractivity contribution in [2.24, 2.45) is 4.99 Å². The molecule has 2 fully saturated rings. The van der Waals surface area contributed by atoms with Gasteiger partial charge in [0, 0.05) is 56.9 Å². The molecule has 0 radical (unpaired) electrons. The molecule has 1 N–H and O–H groups in total. The monoisotopic (exact) mass is 393 g/mol. The molecule has 27 heavy (non-hydrogen) atoms. The molecular weight excluding hydrogens is 362 g/mol. The first-order chi connectivity index (χ1) is 13.2. The molecule has 0 amide bonds. The van der Waals surface area contributed by atoms with Gasteiger partial charge in [0.15, 0.2) is 5.96 Å². The van der Waals surface area contributed by atoms with E-state index < -0.39 is 0 Å². The zero-order chi connectivity index (χ0) is 19.1. The SMILES string of the molecule is CCOC1CCN(C(=NC)NCC2(c3ccccc3Cl)CCOCC2)CC1. The Kier molecular flexibility index (Phi) is 7.39. The summed E-state index contributed by atoms with van der Waals surface area (Å²) in [4.78, 5) is 6.88. The molecule has 3 rings (SSSR count). The van der Waals surface area contributed by atoms with Crippen LogP contribution in [0.1, 0.15) is 38.2 Å². The van der Waals surface area contributed by atoms with Crippen LogP contribution in [0.5, 0.6) is 0 Å². The van der Waals surface area contributed by atoms with E-state index in [0.717, 1.165) is 76.1 Å². The van der Waals surface area contributed by atoms with E-state index in [2.05, 4.69) is 34.3 Å². The normalized spacial score (nSPS) is 21.3. The first-order valence-electron chi connectivity index (χ1n) is 10.1. The third kappa shape index (κ3) is 4.95. The van der Waals surface area contributed by atoms with Gasteiger partial charge in [-0.05, 0) is 44.2 Å². The minimum atomic E-state index is -0.0177. The van der Waals surface area contributed by atoms with Crippen LogP contribution in [0.4, 0.5) is 0 Å². The Balaban J connectivity index is 1.67. The van der Waals surface area contributed by atoms with Crippen LogP contribution >= 0.6 is 11.6 Å². The second-order valence-corrected chi connectivity index (χ2v) is 7.82. The van der Waals surface area contributed by atoms with Crippen LogP contribution in [-0.4, -0.2) is 63.5 Å². The summed E-state index contributed by atoms with van der Waals surface area (Å²) in [5.74, 6) is 0.975. The number of rotatable bonds is 5. The van der Waals surface area contributed by atoms with Crippen LogP contribution in [-0.2, 0) is 14.9 Å². The van der Waals surface area contributed by atoms with E-state index in [1.54, 1.807) is 0 Å². The molecule has 150 valence electrons. The third-order valence-corrected chi connectivity index (χ3v) is 6.17. The van der Waals surface area contributed by atoms with E-state index in [0.29, 0.717) is 6.10 Å². The van der Waals surface area contributed by atoms with Gasteiger partial charge in [0.2, 0.25) is 0 Å². The lowest BCUT2D eigenvalue weighted by Gasteiger charge is -2.40. The number of benzene rings is 1. The van der Waals surface area contributed by atoms with Gasteiger partial charge in [-0.3, -0.25) is 4.99 Å². The highest BCUT2D eigenvalue weighted by atomic mass is 35.5. The number of hydrogen-bond acceptors (Lipinski definition) is 3. The first-order valence-corrected chi connectivity index (χ1v) is 10.5. The molecule has 2 heterocycles. The Labute approximate surface area is 168 Å². The standard InChI is InChI=1S/C21H32ClN3O2/c1-3-27-17-8-12-25(13-9-17)20(23-2)24-16-21(10-14-26-15-11-21)18-6-4-5-7-19(18)22/h4-7,17H,3,8-16H2,1-2H3,(H,23,24). The number of halogens is 1. The maximum atomic E-state index is 6.57. The fraction of sp³-hybridized carbons (Fsp3) is 0.667. The van der Waals surface area contributed by atoms with E-state index in [9.17, 15) is 0 Å². The molecule has 0 aliphatic carbocycles. The van der Waals surface area contributed by atoms with Crippen molar-refractivity contribution < 1.29 is 9.47 Å². The van der Waals surface area contributed by atoms with Gasteiger partial charge in [-0.15, -0.1) is 0 Å². The molecule has 6 heteroatoms. The van der Waals surface area contributed by atoms with E-state index in [4.69, 9.17) is 21.1 Å². The molecule has 0 saturated carbocycles. The summed E-state index contributed by atoms with van der Waals surface area (Å²) in [5, 5.41) is 4.48. The van der Waals surface area contributed by atoms with Crippen LogP contribution < -0.4 is 5.32 Å². The molecule has 2 aliphatic heterocycles. The van der Waals surface area contributed by atoms with E-state index in [1.807, 2.05) is 19.2 Å². The van der Waals surface area contributed by atoms with Gasteiger partial charge in [-0.25, -0.2) is 0 Å². The summed E-state index contributed by atoms with van der Waals surface area (Å²) in [6.07, 6.45) is 4.42. The second kappa shape index (κ2) is 9.76. The molecule has 0 unspecified atom stereocenters. The molecule has 0 spiro atoms. The van der Waals surface area contributed by atoms with E-state index >= 15 is 0 Å². The number of ether oxygens (including phenoxy) is 2. The van der Waals surface area contributed by atoms with Crippen LogP contribution in [0.2, 0.25) is 5.02 Å². The van der Waals surface area contributed by atoms with Gasteiger partial charge in [0.05, 0.1) is 6.10 Å². The number of likely N-dealkylation sites (tertiary alicyclic amines) is 1. The highest BCUT2D eigenvalue weighted by Gasteiger charge is 2.36.